The number of rotatable bonds is 5. The molecule has 17 heavy (non-hydrogen) atoms. The summed E-state index contributed by atoms with van der Waals surface area (Å²) in [5.74, 6) is 0. The van der Waals surface area contributed by atoms with Gasteiger partial charge < -0.3 is 5.32 Å². The molecule has 1 N–H and O–H groups in total. The van der Waals surface area contributed by atoms with E-state index in [0.29, 0.717) is 6.04 Å². The average molecular weight is 245 g/mol. The van der Waals surface area contributed by atoms with E-state index < -0.39 is 0 Å². The Balaban J connectivity index is 2.17. The van der Waals surface area contributed by atoms with Crippen LogP contribution in [0.25, 0.3) is 10.4 Å². The first-order valence-corrected chi connectivity index (χ1v) is 7.06. The number of benzene rings is 1. The Bertz CT molecular complexity index is 448. The molecule has 0 aliphatic rings. The Labute approximate surface area is 108 Å². The summed E-state index contributed by atoms with van der Waals surface area (Å²) in [6.07, 6.45) is 1.18. The molecule has 2 aromatic rings. The predicted molar refractivity (Wildman–Crippen MR) is 76.5 cm³/mol. The molecule has 90 valence electrons. The molecule has 0 radical (unpaired) electrons. The molecule has 1 unspecified atom stereocenters. The molecular weight excluding hydrogens is 226 g/mol. The summed E-state index contributed by atoms with van der Waals surface area (Å²) in [5, 5.41) is 5.65. The van der Waals surface area contributed by atoms with Crippen LogP contribution in [0.3, 0.4) is 0 Å². The van der Waals surface area contributed by atoms with Crippen molar-refractivity contribution in [3.63, 3.8) is 0 Å². The summed E-state index contributed by atoms with van der Waals surface area (Å²) in [5.41, 5.74) is 2.69. The highest BCUT2D eigenvalue weighted by molar-refractivity contribution is 7.13. The number of thiophene rings is 1. The number of hydrogen-bond acceptors (Lipinski definition) is 2. The van der Waals surface area contributed by atoms with E-state index in [1.54, 1.807) is 11.3 Å². The zero-order valence-electron chi connectivity index (χ0n) is 10.4. The van der Waals surface area contributed by atoms with Crippen molar-refractivity contribution >= 4 is 11.3 Å². The molecular formula is C15H19NS. The minimum Gasteiger partial charge on any atom is -0.310 e. The molecule has 0 bridgehead atoms. The molecule has 1 aromatic heterocycles. The lowest BCUT2D eigenvalue weighted by molar-refractivity contribution is 0.571. The van der Waals surface area contributed by atoms with Crippen molar-refractivity contribution in [1.82, 2.24) is 5.32 Å². The predicted octanol–water partition coefficient (Wildman–Crippen LogP) is 4.48. The lowest BCUT2D eigenvalue weighted by Crippen LogP contribution is -2.19. The first-order valence-electron chi connectivity index (χ1n) is 6.18. The van der Waals surface area contributed by atoms with Gasteiger partial charge in [0.2, 0.25) is 0 Å². The SMILES string of the molecule is CCCNC(C)c1cccc(-c2cccs2)c1. The fraction of sp³-hybridized carbons (Fsp3) is 0.333. The van der Waals surface area contributed by atoms with Gasteiger partial charge in [0.05, 0.1) is 0 Å². The Kier molecular flexibility index (Phi) is 4.35. The highest BCUT2D eigenvalue weighted by Gasteiger charge is 2.05. The molecule has 2 rings (SSSR count). The van der Waals surface area contributed by atoms with Gasteiger partial charge in [0.15, 0.2) is 0 Å². The van der Waals surface area contributed by atoms with Crippen molar-refractivity contribution in [2.24, 2.45) is 0 Å². The second kappa shape index (κ2) is 5.99. The monoisotopic (exact) mass is 245 g/mol. The van der Waals surface area contributed by atoms with E-state index in [9.17, 15) is 0 Å². The summed E-state index contributed by atoms with van der Waals surface area (Å²) < 4.78 is 0. The van der Waals surface area contributed by atoms with Crippen LogP contribution in [0.5, 0.6) is 0 Å². The van der Waals surface area contributed by atoms with Crippen molar-refractivity contribution in [2.75, 3.05) is 6.54 Å². The first-order chi connectivity index (χ1) is 8.31. The molecule has 0 saturated carbocycles. The van der Waals surface area contributed by atoms with Crippen LogP contribution in [0, 0.1) is 0 Å². The maximum atomic E-state index is 3.52. The molecule has 1 nitrogen and oxygen atoms in total. The molecule has 1 atom stereocenters. The van der Waals surface area contributed by atoms with Crippen molar-refractivity contribution in [2.45, 2.75) is 26.3 Å². The first kappa shape index (κ1) is 12.3. The summed E-state index contributed by atoms with van der Waals surface area (Å²) in [6.45, 7) is 5.50. The van der Waals surface area contributed by atoms with Gasteiger partial charge in [-0.1, -0.05) is 31.2 Å². The van der Waals surface area contributed by atoms with E-state index in [4.69, 9.17) is 0 Å². The van der Waals surface area contributed by atoms with Crippen LogP contribution in [-0.4, -0.2) is 6.54 Å². The lowest BCUT2D eigenvalue weighted by Gasteiger charge is -2.14. The number of nitrogens with one attached hydrogen (secondary N) is 1. The summed E-state index contributed by atoms with van der Waals surface area (Å²) >= 11 is 1.79. The van der Waals surface area contributed by atoms with Crippen molar-refractivity contribution in [3.05, 3.63) is 47.3 Å². The Morgan fingerprint density at radius 3 is 2.82 bits per heavy atom. The third kappa shape index (κ3) is 3.18. The summed E-state index contributed by atoms with van der Waals surface area (Å²) in [4.78, 5) is 1.34. The zero-order valence-corrected chi connectivity index (χ0v) is 11.3. The minimum absolute atomic E-state index is 0.426. The van der Waals surface area contributed by atoms with E-state index in [1.807, 2.05) is 0 Å². The average Bonchev–Trinajstić information content (AvgIpc) is 2.90. The maximum Gasteiger partial charge on any atom is 0.0342 e. The normalized spacial score (nSPS) is 12.6. The fourth-order valence-electron chi connectivity index (χ4n) is 1.88. The van der Waals surface area contributed by atoms with Crippen LogP contribution >= 0.6 is 11.3 Å². The van der Waals surface area contributed by atoms with Crippen LogP contribution < -0.4 is 5.32 Å². The van der Waals surface area contributed by atoms with Gasteiger partial charge in [0, 0.05) is 10.9 Å². The molecule has 2 heteroatoms. The van der Waals surface area contributed by atoms with Gasteiger partial charge in [-0.25, -0.2) is 0 Å². The molecule has 1 aromatic carbocycles. The van der Waals surface area contributed by atoms with Gasteiger partial charge in [0.25, 0.3) is 0 Å². The minimum atomic E-state index is 0.426. The maximum absolute atomic E-state index is 3.52. The van der Waals surface area contributed by atoms with Gasteiger partial charge in [-0.2, -0.15) is 0 Å². The van der Waals surface area contributed by atoms with Gasteiger partial charge in [-0.3, -0.25) is 0 Å². The van der Waals surface area contributed by atoms with Crippen molar-refractivity contribution < 1.29 is 0 Å². The Hall–Kier alpha value is -1.12. The van der Waals surface area contributed by atoms with E-state index in [2.05, 4.69) is 60.9 Å². The van der Waals surface area contributed by atoms with Gasteiger partial charge in [-0.15, -0.1) is 11.3 Å². The summed E-state index contributed by atoms with van der Waals surface area (Å²) in [6, 6.07) is 13.5. The van der Waals surface area contributed by atoms with Gasteiger partial charge >= 0.3 is 0 Å². The lowest BCUT2D eigenvalue weighted by atomic mass is 10.0. The molecule has 0 fully saturated rings. The largest absolute Gasteiger partial charge is 0.310 e. The third-order valence-corrected chi connectivity index (χ3v) is 3.81. The van der Waals surface area contributed by atoms with Crippen LogP contribution in [0.15, 0.2) is 41.8 Å². The van der Waals surface area contributed by atoms with E-state index >= 15 is 0 Å². The van der Waals surface area contributed by atoms with E-state index in [1.165, 1.54) is 22.4 Å². The number of hydrogen-bond donors (Lipinski definition) is 1. The van der Waals surface area contributed by atoms with Gasteiger partial charge in [-0.05, 0) is 48.5 Å². The second-order valence-electron chi connectivity index (χ2n) is 4.28. The van der Waals surface area contributed by atoms with Crippen LogP contribution in [-0.2, 0) is 0 Å². The zero-order chi connectivity index (χ0) is 12.1. The Morgan fingerprint density at radius 2 is 2.12 bits per heavy atom. The highest BCUT2D eigenvalue weighted by atomic mass is 32.1. The van der Waals surface area contributed by atoms with E-state index in [-0.39, 0.29) is 0 Å². The van der Waals surface area contributed by atoms with Crippen molar-refractivity contribution in [3.8, 4) is 10.4 Å². The molecule has 0 aliphatic heterocycles. The molecule has 0 spiro atoms. The molecule has 0 amide bonds. The third-order valence-electron chi connectivity index (χ3n) is 2.89. The second-order valence-corrected chi connectivity index (χ2v) is 5.23. The topological polar surface area (TPSA) is 12.0 Å². The standard InChI is InChI=1S/C15H19NS/c1-3-9-16-12(2)13-6-4-7-14(11-13)15-8-5-10-17-15/h4-8,10-12,16H,3,9H2,1-2H3. The molecule has 1 heterocycles. The van der Waals surface area contributed by atoms with Gasteiger partial charge in [0.1, 0.15) is 0 Å². The molecule has 0 aliphatic carbocycles. The highest BCUT2D eigenvalue weighted by Crippen LogP contribution is 2.26. The van der Waals surface area contributed by atoms with E-state index in [0.717, 1.165) is 6.54 Å². The fourth-order valence-corrected chi connectivity index (χ4v) is 2.61. The smallest absolute Gasteiger partial charge is 0.0342 e. The van der Waals surface area contributed by atoms with Crippen LogP contribution in [0.1, 0.15) is 31.9 Å². The van der Waals surface area contributed by atoms with Crippen LogP contribution in [0.4, 0.5) is 0 Å². The quantitative estimate of drug-likeness (QED) is 0.819. The molecule has 0 saturated heterocycles. The summed E-state index contributed by atoms with van der Waals surface area (Å²) in [7, 11) is 0. The Morgan fingerprint density at radius 1 is 1.24 bits per heavy atom. The van der Waals surface area contributed by atoms with Crippen molar-refractivity contribution in [1.29, 1.82) is 0 Å². The van der Waals surface area contributed by atoms with Crippen LogP contribution in [0.2, 0.25) is 0 Å².